The second-order valence-corrected chi connectivity index (χ2v) is 8.75. The van der Waals surface area contributed by atoms with E-state index >= 15 is 0 Å². The largest absolute Gasteiger partial charge is 0.301 e. The maximum atomic E-state index is 12.7. The Labute approximate surface area is 178 Å². The molecule has 1 N–H and O–H groups in total. The van der Waals surface area contributed by atoms with Crippen LogP contribution in [0.3, 0.4) is 0 Å². The summed E-state index contributed by atoms with van der Waals surface area (Å²) in [6, 6.07) is 11.6. The van der Waals surface area contributed by atoms with E-state index in [0.717, 1.165) is 11.3 Å². The van der Waals surface area contributed by atoms with Gasteiger partial charge in [0.1, 0.15) is 0 Å². The number of carbonyl (C=O) groups is 2. The lowest BCUT2D eigenvalue weighted by Gasteiger charge is -2.10. The van der Waals surface area contributed by atoms with Gasteiger partial charge in [0.05, 0.1) is 31.4 Å². The average Bonchev–Trinajstić information content (AvgIpc) is 3.26. The zero-order valence-corrected chi connectivity index (χ0v) is 17.5. The molecule has 1 atom stereocenters. The van der Waals surface area contributed by atoms with E-state index in [4.69, 9.17) is 0 Å². The molecular weight excluding hydrogens is 426 g/mol. The van der Waals surface area contributed by atoms with Crippen LogP contribution < -0.4 is 5.32 Å². The molecule has 30 heavy (non-hydrogen) atoms. The van der Waals surface area contributed by atoms with Crippen molar-refractivity contribution in [2.75, 3.05) is 5.32 Å². The van der Waals surface area contributed by atoms with Crippen molar-refractivity contribution in [3.63, 3.8) is 0 Å². The molecule has 2 heterocycles. The first-order valence-corrected chi connectivity index (χ1v) is 10.5. The van der Waals surface area contributed by atoms with Gasteiger partial charge in [0.15, 0.2) is 10.3 Å². The van der Waals surface area contributed by atoms with Gasteiger partial charge < -0.3 is 5.32 Å². The average molecular weight is 441 g/mol. The first-order valence-electron chi connectivity index (χ1n) is 8.84. The third-order valence-corrected chi connectivity index (χ3v) is 6.30. The van der Waals surface area contributed by atoms with Crippen LogP contribution in [0.5, 0.6) is 0 Å². The number of benzene rings is 2. The second kappa shape index (κ2) is 7.84. The van der Waals surface area contributed by atoms with Crippen LogP contribution in [0, 0.1) is 10.1 Å². The van der Waals surface area contributed by atoms with E-state index in [-0.39, 0.29) is 17.5 Å². The highest BCUT2D eigenvalue weighted by molar-refractivity contribution is 8.00. The van der Waals surface area contributed by atoms with Gasteiger partial charge in [0.25, 0.3) is 5.69 Å². The maximum absolute atomic E-state index is 12.7. The van der Waals surface area contributed by atoms with E-state index in [1.165, 1.54) is 35.4 Å². The molecule has 0 fully saturated rings. The first-order chi connectivity index (χ1) is 14.3. The van der Waals surface area contributed by atoms with Crippen molar-refractivity contribution in [1.82, 2.24) is 14.5 Å². The third-order valence-electron chi connectivity index (χ3n) is 4.31. The number of fused-ring (bicyclic) bond motifs is 2. The number of rotatable bonds is 5. The normalized spacial score (nSPS) is 12.2. The Morgan fingerprint density at radius 2 is 1.97 bits per heavy atom. The van der Waals surface area contributed by atoms with Crippen LogP contribution in [0.2, 0.25) is 0 Å². The maximum Gasteiger partial charge on any atom is 0.270 e. The zero-order chi connectivity index (χ0) is 21.4. The number of thiazole rings is 1. The van der Waals surface area contributed by atoms with Gasteiger partial charge in [0.2, 0.25) is 11.8 Å². The zero-order valence-electron chi connectivity index (χ0n) is 15.9. The smallest absolute Gasteiger partial charge is 0.270 e. The van der Waals surface area contributed by atoms with Crippen LogP contribution in [0.15, 0.2) is 47.6 Å². The lowest BCUT2D eigenvalue weighted by Crippen LogP contribution is -2.23. The number of para-hydroxylation sites is 2. The molecule has 2 aromatic carbocycles. The number of nitrogens with zero attached hydrogens (tertiary/aromatic N) is 4. The number of nitro groups is 1. The molecule has 0 aliphatic rings. The molecule has 0 unspecified atom stereocenters. The molecule has 0 aliphatic heterocycles. The number of amides is 1. The molecule has 4 rings (SSSR count). The summed E-state index contributed by atoms with van der Waals surface area (Å²) in [6.45, 7) is 3.16. The van der Waals surface area contributed by atoms with Crippen molar-refractivity contribution in [2.24, 2.45) is 0 Å². The highest BCUT2D eigenvalue weighted by Crippen LogP contribution is 2.31. The number of carbonyl (C=O) groups excluding carboxylic acids is 2. The van der Waals surface area contributed by atoms with Gasteiger partial charge in [0, 0.05) is 19.1 Å². The van der Waals surface area contributed by atoms with Crippen LogP contribution in [0.4, 0.5) is 10.8 Å². The number of imidazole rings is 1. The topological polar surface area (TPSA) is 120 Å². The quantitative estimate of drug-likeness (QED) is 0.278. The number of aromatic nitrogens is 3. The Bertz CT molecular complexity index is 1310. The third kappa shape index (κ3) is 3.76. The number of anilines is 1. The molecule has 2 aromatic heterocycles. The van der Waals surface area contributed by atoms with Gasteiger partial charge >= 0.3 is 0 Å². The van der Waals surface area contributed by atoms with E-state index in [1.807, 2.05) is 18.2 Å². The van der Waals surface area contributed by atoms with Crippen molar-refractivity contribution in [3.8, 4) is 0 Å². The molecule has 0 aliphatic carbocycles. The molecule has 0 spiro atoms. The van der Waals surface area contributed by atoms with Gasteiger partial charge in [-0.25, -0.2) is 9.97 Å². The van der Waals surface area contributed by atoms with Crippen molar-refractivity contribution in [2.45, 2.75) is 24.3 Å². The lowest BCUT2D eigenvalue weighted by atomic mass is 10.3. The molecule has 152 valence electrons. The minimum atomic E-state index is -0.554. The van der Waals surface area contributed by atoms with E-state index in [1.54, 1.807) is 19.1 Å². The number of non-ortho nitro benzene ring substituents is 1. The van der Waals surface area contributed by atoms with Crippen LogP contribution in [0.1, 0.15) is 18.6 Å². The number of hydrogen-bond donors (Lipinski definition) is 1. The van der Waals surface area contributed by atoms with E-state index in [0.29, 0.717) is 31.5 Å². The Morgan fingerprint density at radius 3 is 2.70 bits per heavy atom. The Kier molecular flexibility index (Phi) is 5.22. The standard InChI is InChI=1S/C19H15N5O4S2/c1-10(29-19-21-13-5-3-4-6-15(13)23(19)11(2)25)17(26)22-18-20-14-8-7-12(24(27)28)9-16(14)30-18/h3-10H,1-2H3,(H,20,22,26)/t10-/m0/s1. The second-order valence-electron chi connectivity index (χ2n) is 6.42. The van der Waals surface area contributed by atoms with Crippen LogP contribution in [-0.2, 0) is 4.79 Å². The van der Waals surface area contributed by atoms with E-state index in [2.05, 4.69) is 15.3 Å². The summed E-state index contributed by atoms with van der Waals surface area (Å²) in [5.74, 6) is -0.498. The van der Waals surface area contributed by atoms with Gasteiger partial charge in [-0.05, 0) is 25.1 Å². The monoisotopic (exact) mass is 441 g/mol. The minimum Gasteiger partial charge on any atom is -0.301 e. The van der Waals surface area contributed by atoms with Crippen LogP contribution >= 0.6 is 23.1 Å². The predicted molar refractivity (Wildman–Crippen MR) is 116 cm³/mol. The van der Waals surface area contributed by atoms with Crippen molar-refractivity contribution in [3.05, 3.63) is 52.6 Å². The fourth-order valence-corrected chi connectivity index (χ4v) is 4.75. The lowest BCUT2D eigenvalue weighted by molar-refractivity contribution is -0.384. The Balaban J connectivity index is 1.54. The number of hydrogen-bond acceptors (Lipinski definition) is 8. The number of nitro benzene ring substituents is 1. The predicted octanol–water partition coefficient (Wildman–Crippen LogP) is 4.33. The van der Waals surface area contributed by atoms with E-state index < -0.39 is 10.2 Å². The van der Waals surface area contributed by atoms with Crippen molar-refractivity contribution >= 4 is 67.0 Å². The Hall–Kier alpha value is -3.31. The van der Waals surface area contributed by atoms with Crippen molar-refractivity contribution < 1.29 is 14.5 Å². The summed E-state index contributed by atoms with van der Waals surface area (Å²) < 4.78 is 2.10. The summed E-state index contributed by atoms with van der Waals surface area (Å²) >= 11 is 2.33. The fourth-order valence-electron chi connectivity index (χ4n) is 2.89. The number of thioether (sulfide) groups is 1. The Morgan fingerprint density at radius 1 is 1.20 bits per heavy atom. The molecule has 0 saturated carbocycles. The van der Waals surface area contributed by atoms with Crippen LogP contribution in [-0.4, -0.2) is 36.5 Å². The molecule has 4 aromatic rings. The van der Waals surface area contributed by atoms with Gasteiger partial charge in [-0.3, -0.25) is 24.3 Å². The first kappa shape index (κ1) is 20.0. The molecule has 0 radical (unpaired) electrons. The summed E-state index contributed by atoms with van der Waals surface area (Å²) in [4.78, 5) is 44.0. The summed E-state index contributed by atoms with van der Waals surface area (Å²) in [5, 5.41) is 13.9. The van der Waals surface area contributed by atoms with E-state index in [9.17, 15) is 19.7 Å². The van der Waals surface area contributed by atoms with Crippen LogP contribution in [0.25, 0.3) is 21.3 Å². The number of nitrogens with one attached hydrogen (secondary N) is 1. The highest BCUT2D eigenvalue weighted by Gasteiger charge is 2.22. The van der Waals surface area contributed by atoms with Gasteiger partial charge in [-0.1, -0.05) is 35.2 Å². The molecule has 1 amide bonds. The molecule has 0 bridgehead atoms. The molecular formula is C19H15N5O4S2. The molecule has 0 saturated heterocycles. The summed E-state index contributed by atoms with van der Waals surface area (Å²) in [6.07, 6.45) is 0. The highest BCUT2D eigenvalue weighted by atomic mass is 32.2. The SMILES string of the molecule is CC(=O)n1c(S[C@@H](C)C(=O)Nc2nc3ccc([N+](=O)[O-])cc3s2)nc2ccccc21. The van der Waals surface area contributed by atoms with Crippen molar-refractivity contribution in [1.29, 1.82) is 0 Å². The molecule has 9 nitrogen and oxygen atoms in total. The summed E-state index contributed by atoms with van der Waals surface area (Å²) in [5.41, 5.74) is 1.90. The minimum absolute atomic E-state index is 0.0314. The van der Waals surface area contributed by atoms with Gasteiger partial charge in [-0.15, -0.1) is 0 Å². The molecule has 11 heteroatoms. The summed E-state index contributed by atoms with van der Waals surface area (Å²) in [7, 11) is 0. The fraction of sp³-hybridized carbons (Fsp3) is 0.158. The van der Waals surface area contributed by atoms with Gasteiger partial charge in [-0.2, -0.15) is 0 Å².